The second-order valence-corrected chi connectivity index (χ2v) is 17.4. The fourth-order valence-electron chi connectivity index (χ4n) is 9.92. The van der Waals surface area contributed by atoms with Crippen LogP contribution < -0.4 is 0 Å². The van der Waals surface area contributed by atoms with Crippen molar-refractivity contribution in [2.75, 3.05) is 0 Å². The lowest BCUT2D eigenvalue weighted by molar-refractivity contribution is 0.670. The predicted molar refractivity (Wildman–Crippen MR) is 265 cm³/mol. The van der Waals surface area contributed by atoms with E-state index in [-0.39, 0.29) is 0 Å². The zero-order valence-electron chi connectivity index (χ0n) is 34.1. The molecule has 14 rings (SSSR count). The van der Waals surface area contributed by atoms with Gasteiger partial charge in [0.05, 0.1) is 22.1 Å². The highest BCUT2D eigenvalue weighted by atomic mass is 32.1. The Hall–Kier alpha value is -8.39. The van der Waals surface area contributed by atoms with Crippen LogP contribution >= 0.6 is 11.3 Å². The number of para-hydroxylation sites is 3. The minimum atomic E-state index is 0.561. The Morgan fingerprint density at radius 2 is 0.953 bits per heavy atom. The highest BCUT2D eigenvalue weighted by Crippen LogP contribution is 2.46. The smallest absolute Gasteiger partial charge is 0.238 e. The van der Waals surface area contributed by atoms with E-state index in [9.17, 15) is 0 Å². The van der Waals surface area contributed by atoms with Crippen LogP contribution in [0.2, 0.25) is 0 Å². The van der Waals surface area contributed by atoms with Gasteiger partial charge >= 0.3 is 0 Å². The molecule has 0 amide bonds. The summed E-state index contributed by atoms with van der Waals surface area (Å²) in [6.45, 7) is 0. The number of fused-ring (bicyclic) bond motifs is 12. The van der Waals surface area contributed by atoms with Crippen molar-refractivity contribution < 1.29 is 4.42 Å². The first-order chi connectivity index (χ1) is 31.7. The van der Waals surface area contributed by atoms with Crippen LogP contribution in [0.15, 0.2) is 205 Å². The molecule has 0 saturated heterocycles. The van der Waals surface area contributed by atoms with Gasteiger partial charge in [-0.1, -0.05) is 152 Å². The lowest BCUT2D eigenvalue weighted by Crippen LogP contribution is -2.06. The van der Waals surface area contributed by atoms with Gasteiger partial charge in [-0.2, -0.15) is 9.97 Å². The number of hydrogen-bond donors (Lipinski definition) is 0. The lowest BCUT2D eigenvalue weighted by Gasteiger charge is -2.13. The van der Waals surface area contributed by atoms with Crippen molar-refractivity contribution in [2.24, 2.45) is 0 Å². The van der Waals surface area contributed by atoms with E-state index in [1.165, 1.54) is 30.9 Å². The molecule has 0 fully saturated rings. The second kappa shape index (κ2) is 13.6. The van der Waals surface area contributed by atoms with Crippen molar-refractivity contribution in [1.29, 1.82) is 0 Å². The third kappa shape index (κ3) is 5.16. The first-order valence-corrected chi connectivity index (χ1v) is 22.3. The summed E-state index contributed by atoms with van der Waals surface area (Å²) < 4.78 is 14.0. The Balaban J connectivity index is 1.09. The maximum atomic E-state index is 6.82. The van der Waals surface area contributed by atoms with Gasteiger partial charge in [0.25, 0.3) is 0 Å². The Bertz CT molecular complexity index is 4140. The van der Waals surface area contributed by atoms with Crippen molar-refractivity contribution >= 4 is 97.1 Å². The molecular formula is C57H33N5OS. The molecule has 5 heterocycles. The molecule has 64 heavy (non-hydrogen) atoms. The standard InChI is InChI=1S/C57H33N5OS/c1-3-16-34(17-4-1)55-58-56(35-18-5-2-6-19-35)60-57(59-55)62-48-27-12-8-21-38(48)44-32-43-37-20-7-11-26-47(37)61(49(43)33-50(44)62)36-30-45-39-22-9-13-28-51(39)63-53(45)46(31-36)42-25-15-24-41-40-23-10-14-29-52(40)64-54(41)42/h1-33H. The number of thiophene rings is 1. The maximum absolute atomic E-state index is 6.82. The minimum absolute atomic E-state index is 0.561. The van der Waals surface area contributed by atoms with Gasteiger partial charge in [0, 0.05) is 80.4 Å². The second-order valence-electron chi connectivity index (χ2n) is 16.4. The quantitative estimate of drug-likeness (QED) is 0.173. The molecule has 6 nitrogen and oxygen atoms in total. The molecule has 298 valence electrons. The SMILES string of the molecule is c1ccc(-c2nc(-c3ccccc3)nc(-n3c4ccccc4c4cc5c6ccccc6n(-c6cc(-c7cccc8c7sc7ccccc78)c7oc8ccccc8c7c6)c5cc43)n2)cc1. The largest absolute Gasteiger partial charge is 0.455 e. The van der Waals surface area contributed by atoms with Crippen LogP contribution in [-0.2, 0) is 0 Å². The zero-order valence-corrected chi connectivity index (χ0v) is 34.9. The molecule has 0 aliphatic rings. The number of hydrogen-bond acceptors (Lipinski definition) is 5. The zero-order chi connectivity index (χ0) is 41.9. The van der Waals surface area contributed by atoms with Crippen molar-refractivity contribution in [2.45, 2.75) is 0 Å². The van der Waals surface area contributed by atoms with Crippen molar-refractivity contribution in [3.63, 3.8) is 0 Å². The number of benzene rings is 9. The first-order valence-electron chi connectivity index (χ1n) is 21.4. The van der Waals surface area contributed by atoms with E-state index in [1.807, 2.05) is 53.8 Å². The van der Waals surface area contributed by atoms with Gasteiger partial charge < -0.3 is 8.98 Å². The summed E-state index contributed by atoms with van der Waals surface area (Å²) in [6, 6.07) is 70.8. The molecule has 0 N–H and O–H groups in total. The van der Waals surface area contributed by atoms with Crippen LogP contribution in [0.4, 0.5) is 0 Å². The van der Waals surface area contributed by atoms with E-state index in [1.54, 1.807) is 0 Å². The molecule has 7 heteroatoms. The molecule has 0 aliphatic heterocycles. The lowest BCUT2D eigenvalue weighted by atomic mass is 9.99. The van der Waals surface area contributed by atoms with Crippen molar-refractivity contribution in [3.05, 3.63) is 200 Å². The van der Waals surface area contributed by atoms with E-state index in [0.717, 1.165) is 82.7 Å². The van der Waals surface area contributed by atoms with Gasteiger partial charge in [0.2, 0.25) is 5.95 Å². The van der Waals surface area contributed by atoms with Crippen molar-refractivity contribution in [3.8, 4) is 45.5 Å². The molecule has 0 aliphatic carbocycles. The fourth-order valence-corrected chi connectivity index (χ4v) is 11.2. The van der Waals surface area contributed by atoms with Crippen LogP contribution in [0.5, 0.6) is 0 Å². The van der Waals surface area contributed by atoms with Crippen LogP contribution in [-0.4, -0.2) is 24.1 Å². The average molecular weight is 836 g/mol. The normalized spacial score (nSPS) is 12.1. The molecule has 0 spiro atoms. The number of aromatic nitrogens is 5. The van der Waals surface area contributed by atoms with Crippen molar-refractivity contribution in [1.82, 2.24) is 24.1 Å². The van der Waals surface area contributed by atoms with Gasteiger partial charge in [-0.05, 0) is 48.5 Å². The topological polar surface area (TPSA) is 61.7 Å². The molecule has 0 bridgehead atoms. The molecule has 0 atom stereocenters. The third-order valence-corrected chi connectivity index (χ3v) is 14.0. The number of nitrogens with zero attached hydrogens (tertiary/aromatic N) is 5. The Morgan fingerprint density at radius 1 is 0.375 bits per heavy atom. The summed E-state index contributed by atoms with van der Waals surface area (Å²) in [4.78, 5) is 15.5. The summed E-state index contributed by atoms with van der Waals surface area (Å²) in [5, 5.41) is 9.30. The van der Waals surface area contributed by atoms with E-state index in [0.29, 0.717) is 17.6 Å². The summed E-state index contributed by atoms with van der Waals surface area (Å²) in [5.41, 5.74) is 11.1. The Labute approximate surface area is 369 Å². The van der Waals surface area contributed by atoms with Gasteiger partial charge in [0.15, 0.2) is 11.6 Å². The molecule has 9 aromatic carbocycles. The van der Waals surface area contributed by atoms with Crippen LogP contribution in [0, 0.1) is 0 Å². The summed E-state index contributed by atoms with van der Waals surface area (Å²) in [7, 11) is 0. The molecule has 0 unspecified atom stereocenters. The summed E-state index contributed by atoms with van der Waals surface area (Å²) in [6.07, 6.45) is 0. The van der Waals surface area contributed by atoms with E-state index in [2.05, 4.69) is 167 Å². The van der Waals surface area contributed by atoms with Gasteiger partial charge in [0.1, 0.15) is 11.2 Å². The summed E-state index contributed by atoms with van der Waals surface area (Å²) >= 11 is 1.84. The van der Waals surface area contributed by atoms with Gasteiger partial charge in [-0.15, -0.1) is 11.3 Å². The van der Waals surface area contributed by atoms with E-state index >= 15 is 0 Å². The number of rotatable bonds is 5. The Kier molecular flexibility index (Phi) is 7.46. The van der Waals surface area contributed by atoms with E-state index < -0.39 is 0 Å². The highest BCUT2D eigenvalue weighted by molar-refractivity contribution is 7.26. The maximum Gasteiger partial charge on any atom is 0.238 e. The third-order valence-electron chi connectivity index (χ3n) is 12.8. The number of furan rings is 1. The monoisotopic (exact) mass is 835 g/mol. The Morgan fingerprint density at radius 3 is 1.67 bits per heavy atom. The molecule has 0 radical (unpaired) electrons. The molecule has 0 saturated carbocycles. The van der Waals surface area contributed by atoms with Gasteiger partial charge in [-0.3, -0.25) is 4.57 Å². The van der Waals surface area contributed by atoms with Crippen LogP contribution in [0.1, 0.15) is 0 Å². The molecule has 14 aromatic rings. The summed E-state index contributed by atoms with van der Waals surface area (Å²) in [5.74, 6) is 1.80. The average Bonchev–Trinajstić information content (AvgIpc) is 4.11. The molecule has 5 aromatic heterocycles. The van der Waals surface area contributed by atoms with Crippen LogP contribution in [0.25, 0.3) is 131 Å². The predicted octanol–water partition coefficient (Wildman–Crippen LogP) is 15.3. The van der Waals surface area contributed by atoms with E-state index in [4.69, 9.17) is 19.4 Å². The fraction of sp³-hybridized carbons (Fsp3) is 0. The minimum Gasteiger partial charge on any atom is -0.455 e. The van der Waals surface area contributed by atoms with Crippen LogP contribution in [0.3, 0.4) is 0 Å². The molecular weight excluding hydrogens is 803 g/mol. The van der Waals surface area contributed by atoms with Gasteiger partial charge in [-0.25, -0.2) is 4.98 Å². The first kappa shape index (κ1) is 35.2. The highest BCUT2D eigenvalue weighted by Gasteiger charge is 2.24.